The minimum absolute atomic E-state index is 0.386. The number of unbranched alkanes of at least 4 members (excludes halogenated alkanes) is 2. The van der Waals surface area contributed by atoms with Crippen molar-refractivity contribution in [3.63, 3.8) is 0 Å². The molecule has 0 aliphatic rings. The van der Waals surface area contributed by atoms with E-state index in [0.29, 0.717) is 13.1 Å². The molecule has 0 aromatic carbocycles. The maximum Gasteiger partial charge on any atom is 0.215 e. The minimum Gasteiger partial charge on any atom is -0.385 e. The highest BCUT2D eigenvalue weighted by Gasteiger charge is 2.18. The SMILES string of the molecule is CCCNCC(C)S(=O)(=O)NCCCCCOC. The summed E-state index contributed by atoms with van der Waals surface area (Å²) >= 11 is 0. The molecule has 0 bridgehead atoms. The number of sulfonamides is 1. The third kappa shape index (κ3) is 8.85. The quantitative estimate of drug-likeness (QED) is 0.526. The van der Waals surface area contributed by atoms with Crippen molar-refractivity contribution in [3.05, 3.63) is 0 Å². The number of hydrogen-bond acceptors (Lipinski definition) is 4. The highest BCUT2D eigenvalue weighted by molar-refractivity contribution is 7.90. The topological polar surface area (TPSA) is 67.4 Å². The Labute approximate surface area is 112 Å². The van der Waals surface area contributed by atoms with Gasteiger partial charge in [-0.2, -0.15) is 0 Å². The third-order valence-electron chi connectivity index (χ3n) is 2.72. The molecule has 0 aliphatic carbocycles. The number of hydrogen-bond donors (Lipinski definition) is 2. The van der Waals surface area contributed by atoms with E-state index in [9.17, 15) is 8.42 Å². The van der Waals surface area contributed by atoms with E-state index in [1.54, 1.807) is 14.0 Å². The molecule has 0 rings (SSSR count). The minimum atomic E-state index is -3.18. The van der Waals surface area contributed by atoms with Crippen LogP contribution in [0.25, 0.3) is 0 Å². The summed E-state index contributed by atoms with van der Waals surface area (Å²) in [5, 5.41) is 2.74. The van der Waals surface area contributed by atoms with E-state index < -0.39 is 10.0 Å². The lowest BCUT2D eigenvalue weighted by atomic mass is 10.2. The molecular weight excluding hydrogens is 252 g/mol. The van der Waals surface area contributed by atoms with Crippen LogP contribution in [-0.4, -0.2) is 47.0 Å². The fourth-order valence-electron chi connectivity index (χ4n) is 1.50. The van der Waals surface area contributed by atoms with E-state index in [0.717, 1.165) is 38.8 Å². The smallest absolute Gasteiger partial charge is 0.215 e. The van der Waals surface area contributed by atoms with Crippen molar-refractivity contribution in [1.29, 1.82) is 0 Å². The van der Waals surface area contributed by atoms with Crippen molar-refractivity contribution in [3.8, 4) is 0 Å². The molecule has 0 aromatic heterocycles. The first-order chi connectivity index (χ1) is 8.54. The zero-order valence-corrected chi connectivity index (χ0v) is 12.7. The molecule has 2 N–H and O–H groups in total. The number of ether oxygens (including phenoxy) is 1. The molecule has 0 saturated heterocycles. The maximum absolute atomic E-state index is 11.8. The molecule has 0 heterocycles. The lowest BCUT2D eigenvalue weighted by Gasteiger charge is -2.14. The molecule has 0 fully saturated rings. The molecule has 110 valence electrons. The van der Waals surface area contributed by atoms with Gasteiger partial charge in [0.1, 0.15) is 0 Å². The van der Waals surface area contributed by atoms with Crippen LogP contribution in [0.2, 0.25) is 0 Å². The molecule has 0 saturated carbocycles. The largest absolute Gasteiger partial charge is 0.385 e. The fraction of sp³-hybridized carbons (Fsp3) is 1.00. The van der Waals surface area contributed by atoms with Crippen LogP contribution in [0.3, 0.4) is 0 Å². The van der Waals surface area contributed by atoms with Crippen molar-refractivity contribution >= 4 is 10.0 Å². The first-order valence-electron chi connectivity index (χ1n) is 6.72. The summed E-state index contributed by atoms with van der Waals surface area (Å²) in [6.45, 7) is 6.42. The zero-order chi connectivity index (χ0) is 13.9. The van der Waals surface area contributed by atoms with Gasteiger partial charge < -0.3 is 10.1 Å². The lowest BCUT2D eigenvalue weighted by molar-refractivity contribution is 0.192. The van der Waals surface area contributed by atoms with Crippen molar-refractivity contribution < 1.29 is 13.2 Å². The van der Waals surface area contributed by atoms with Crippen molar-refractivity contribution in [2.45, 2.75) is 44.8 Å². The predicted octanol–water partition coefficient (Wildman–Crippen LogP) is 1.11. The van der Waals surface area contributed by atoms with E-state index in [4.69, 9.17) is 4.74 Å². The first-order valence-corrected chi connectivity index (χ1v) is 8.27. The summed E-state index contributed by atoms with van der Waals surface area (Å²) < 4.78 is 31.3. The second kappa shape index (κ2) is 10.7. The molecule has 1 unspecified atom stereocenters. The Kier molecular flexibility index (Phi) is 10.6. The van der Waals surface area contributed by atoms with Crippen LogP contribution < -0.4 is 10.0 Å². The molecule has 5 nitrogen and oxygen atoms in total. The molecular formula is C12H28N2O3S. The van der Waals surface area contributed by atoms with E-state index >= 15 is 0 Å². The second-order valence-corrected chi connectivity index (χ2v) is 6.69. The van der Waals surface area contributed by atoms with Gasteiger partial charge >= 0.3 is 0 Å². The molecule has 0 aromatic rings. The van der Waals surface area contributed by atoms with Crippen LogP contribution in [0, 0.1) is 0 Å². The number of rotatable bonds is 12. The Hall–Kier alpha value is -0.170. The summed E-state index contributed by atoms with van der Waals surface area (Å²) in [7, 11) is -1.50. The predicted molar refractivity (Wildman–Crippen MR) is 75.3 cm³/mol. The average Bonchev–Trinajstić information content (AvgIpc) is 2.33. The van der Waals surface area contributed by atoms with E-state index in [2.05, 4.69) is 17.0 Å². The van der Waals surface area contributed by atoms with E-state index in [1.165, 1.54) is 0 Å². The van der Waals surface area contributed by atoms with Crippen LogP contribution in [-0.2, 0) is 14.8 Å². The normalized spacial score (nSPS) is 13.7. The van der Waals surface area contributed by atoms with E-state index in [1.807, 2.05) is 0 Å². The average molecular weight is 280 g/mol. The summed E-state index contributed by atoms with van der Waals surface area (Å²) in [6.07, 6.45) is 3.84. The molecule has 18 heavy (non-hydrogen) atoms. The van der Waals surface area contributed by atoms with Crippen molar-refractivity contribution in [2.75, 3.05) is 33.4 Å². The van der Waals surface area contributed by atoms with Gasteiger partial charge in [0.15, 0.2) is 0 Å². The standard InChI is InChI=1S/C12H28N2O3S/c1-4-8-13-11-12(2)18(15,16)14-9-6-5-7-10-17-3/h12-14H,4-11H2,1-3H3. The Balaban J connectivity index is 3.71. The highest BCUT2D eigenvalue weighted by atomic mass is 32.2. The van der Waals surface area contributed by atoms with Crippen LogP contribution in [0.15, 0.2) is 0 Å². The van der Waals surface area contributed by atoms with Crippen LogP contribution >= 0.6 is 0 Å². The summed E-state index contributed by atoms with van der Waals surface area (Å²) in [5.74, 6) is 0. The van der Waals surface area contributed by atoms with E-state index in [-0.39, 0.29) is 5.25 Å². The highest BCUT2D eigenvalue weighted by Crippen LogP contribution is 1.99. The van der Waals surface area contributed by atoms with Gasteiger partial charge in [-0.25, -0.2) is 13.1 Å². The van der Waals surface area contributed by atoms with Crippen molar-refractivity contribution in [1.82, 2.24) is 10.0 Å². The Bertz CT molecular complexity index is 281. The van der Waals surface area contributed by atoms with Gasteiger partial charge in [0.05, 0.1) is 5.25 Å². The second-order valence-electron chi connectivity index (χ2n) is 4.51. The van der Waals surface area contributed by atoms with Gasteiger partial charge in [-0.3, -0.25) is 0 Å². The molecule has 6 heteroatoms. The zero-order valence-electron chi connectivity index (χ0n) is 11.9. The van der Waals surface area contributed by atoms with Gasteiger partial charge in [-0.05, 0) is 39.2 Å². The van der Waals surface area contributed by atoms with Gasteiger partial charge in [-0.1, -0.05) is 6.92 Å². The third-order valence-corrected chi connectivity index (χ3v) is 4.55. The van der Waals surface area contributed by atoms with Crippen LogP contribution in [0.1, 0.15) is 39.5 Å². The molecule has 1 atom stereocenters. The van der Waals surface area contributed by atoms with Gasteiger partial charge in [0, 0.05) is 26.8 Å². The molecule has 0 spiro atoms. The van der Waals surface area contributed by atoms with Gasteiger partial charge in [0.25, 0.3) is 0 Å². The summed E-state index contributed by atoms with van der Waals surface area (Å²) in [4.78, 5) is 0. The molecule has 0 aliphatic heterocycles. The summed E-state index contributed by atoms with van der Waals surface area (Å²) in [5.41, 5.74) is 0. The van der Waals surface area contributed by atoms with Gasteiger partial charge in [0.2, 0.25) is 10.0 Å². The molecule has 0 radical (unpaired) electrons. The van der Waals surface area contributed by atoms with Crippen molar-refractivity contribution in [2.24, 2.45) is 0 Å². The Morgan fingerprint density at radius 1 is 1.17 bits per heavy atom. The molecule has 0 amide bonds. The number of nitrogens with one attached hydrogen (secondary N) is 2. The fourth-order valence-corrected chi connectivity index (χ4v) is 2.55. The Morgan fingerprint density at radius 3 is 2.50 bits per heavy atom. The summed E-state index contributed by atoms with van der Waals surface area (Å²) in [6, 6.07) is 0. The maximum atomic E-state index is 11.8. The Morgan fingerprint density at radius 2 is 1.89 bits per heavy atom. The first kappa shape index (κ1) is 17.8. The van der Waals surface area contributed by atoms with Crippen LogP contribution in [0.4, 0.5) is 0 Å². The van der Waals surface area contributed by atoms with Crippen LogP contribution in [0.5, 0.6) is 0 Å². The van der Waals surface area contributed by atoms with Gasteiger partial charge in [-0.15, -0.1) is 0 Å². The number of methoxy groups -OCH3 is 1. The lowest BCUT2D eigenvalue weighted by Crippen LogP contribution is -2.39. The monoisotopic (exact) mass is 280 g/mol.